The molecule has 0 amide bonds. The number of nitrogens with zero attached hydrogens (tertiary/aromatic N) is 2. The minimum absolute atomic E-state index is 1.26. The zero-order valence-electron chi connectivity index (χ0n) is 23.1. The first-order valence-corrected chi connectivity index (χ1v) is 18.0. The van der Waals surface area contributed by atoms with Gasteiger partial charge in [0.25, 0.3) is 0 Å². The van der Waals surface area contributed by atoms with Crippen LogP contribution in [-0.2, 0) is 0 Å². The summed E-state index contributed by atoms with van der Waals surface area (Å²) >= 11 is 7.42. The summed E-state index contributed by atoms with van der Waals surface area (Å²) in [5, 5.41) is 17.2. The molecule has 5 aromatic carbocycles. The minimum Gasteiger partial charge on any atom is -0.300 e. The molecule has 0 atom stereocenters. The zero-order chi connectivity index (χ0) is 28.5. The van der Waals surface area contributed by atoms with Crippen molar-refractivity contribution < 1.29 is 0 Å². The van der Waals surface area contributed by atoms with Crippen molar-refractivity contribution in [2.24, 2.45) is 0 Å². The standard InChI is InChI=1S/C38H20N2S4/c1-3-7-23-21(5-1)9-11-25-27-17-30-28(18-29(27)39(37(23)25)35-19-33-31(43-35)13-15-41-33)26-12-10-22-6-2-4-8-24(22)38(26)40(30)36-20-34-32(44-36)14-16-42-34/h1-20H. The van der Waals surface area contributed by atoms with Gasteiger partial charge in [0, 0.05) is 51.1 Å². The fourth-order valence-corrected chi connectivity index (χ4v) is 11.5. The summed E-state index contributed by atoms with van der Waals surface area (Å²) in [7, 11) is 0. The Labute approximate surface area is 266 Å². The van der Waals surface area contributed by atoms with Gasteiger partial charge in [-0.15, -0.1) is 45.3 Å². The Morgan fingerprint density at radius 1 is 0.386 bits per heavy atom. The van der Waals surface area contributed by atoms with E-state index in [4.69, 9.17) is 0 Å². The van der Waals surface area contributed by atoms with E-state index in [2.05, 4.69) is 129 Å². The molecule has 11 rings (SSSR count). The van der Waals surface area contributed by atoms with E-state index >= 15 is 0 Å². The maximum atomic E-state index is 2.54. The first kappa shape index (κ1) is 23.9. The van der Waals surface area contributed by atoms with E-state index in [1.165, 1.54) is 94.0 Å². The molecule has 0 aliphatic heterocycles. The van der Waals surface area contributed by atoms with Crippen molar-refractivity contribution in [2.75, 3.05) is 0 Å². The third kappa shape index (κ3) is 3.08. The molecule has 6 heteroatoms. The summed E-state index contributed by atoms with van der Waals surface area (Å²) in [4.78, 5) is 0. The summed E-state index contributed by atoms with van der Waals surface area (Å²) in [6, 6.07) is 41.1. The number of hydrogen-bond donors (Lipinski definition) is 0. The molecule has 6 heterocycles. The molecule has 0 saturated carbocycles. The fraction of sp³-hybridized carbons (Fsp3) is 0. The monoisotopic (exact) mass is 632 g/mol. The van der Waals surface area contributed by atoms with Gasteiger partial charge in [-0.3, -0.25) is 9.13 Å². The van der Waals surface area contributed by atoms with E-state index in [0.717, 1.165) is 0 Å². The molecule has 6 aromatic heterocycles. The van der Waals surface area contributed by atoms with Gasteiger partial charge in [0.2, 0.25) is 0 Å². The van der Waals surface area contributed by atoms with E-state index in [1.807, 2.05) is 45.3 Å². The van der Waals surface area contributed by atoms with Crippen molar-refractivity contribution >= 4 is 129 Å². The molecule has 2 nitrogen and oxygen atoms in total. The summed E-state index contributed by atoms with van der Waals surface area (Å²) < 4.78 is 10.5. The van der Waals surface area contributed by atoms with Crippen molar-refractivity contribution in [3.8, 4) is 10.0 Å². The molecular formula is C38H20N2S4. The topological polar surface area (TPSA) is 9.86 Å². The molecule has 0 radical (unpaired) electrons. The maximum Gasteiger partial charge on any atom is 0.102 e. The second-order valence-electron chi connectivity index (χ2n) is 11.4. The van der Waals surface area contributed by atoms with Crippen LogP contribution in [0, 0.1) is 0 Å². The Hall–Kier alpha value is -4.46. The van der Waals surface area contributed by atoms with Crippen molar-refractivity contribution in [3.05, 3.63) is 120 Å². The van der Waals surface area contributed by atoms with Crippen LogP contribution in [0.15, 0.2) is 120 Å². The highest BCUT2D eigenvalue weighted by Crippen LogP contribution is 2.46. The summed E-state index contributed by atoms with van der Waals surface area (Å²) in [5.74, 6) is 0. The molecule has 0 bridgehead atoms. The van der Waals surface area contributed by atoms with Crippen LogP contribution in [0.1, 0.15) is 0 Å². The molecule has 0 unspecified atom stereocenters. The Morgan fingerprint density at radius 2 is 0.864 bits per heavy atom. The number of fused-ring (bicyclic) bond motifs is 12. The lowest BCUT2D eigenvalue weighted by Gasteiger charge is -2.08. The van der Waals surface area contributed by atoms with Crippen molar-refractivity contribution in [2.45, 2.75) is 0 Å². The van der Waals surface area contributed by atoms with E-state index in [0.29, 0.717) is 0 Å². The van der Waals surface area contributed by atoms with Crippen LogP contribution in [0.3, 0.4) is 0 Å². The van der Waals surface area contributed by atoms with Gasteiger partial charge in [0.05, 0.1) is 22.1 Å². The quantitative estimate of drug-likeness (QED) is 0.179. The molecule has 0 saturated heterocycles. The molecule has 0 aliphatic carbocycles. The van der Waals surface area contributed by atoms with Gasteiger partial charge in [-0.05, 0) is 57.9 Å². The molecule has 11 aromatic rings. The second-order valence-corrected chi connectivity index (χ2v) is 15.4. The third-order valence-corrected chi connectivity index (χ3v) is 13.3. The van der Waals surface area contributed by atoms with Crippen molar-refractivity contribution in [1.82, 2.24) is 9.13 Å². The Kier molecular flexibility index (Phi) is 4.67. The average Bonchev–Trinajstić information content (AvgIpc) is 3.88. The summed E-state index contributed by atoms with van der Waals surface area (Å²) in [6.45, 7) is 0. The molecule has 0 aliphatic rings. The number of benzene rings is 5. The molecule has 0 spiro atoms. The number of thiophene rings is 4. The first-order valence-electron chi connectivity index (χ1n) is 14.6. The van der Waals surface area contributed by atoms with Gasteiger partial charge in [-0.25, -0.2) is 0 Å². The smallest absolute Gasteiger partial charge is 0.102 e. The minimum atomic E-state index is 1.26. The lowest BCUT2D eigenvalue weighted by molar-refractivity contribution is 1.23. The number of aromatic nitrogens is 2. The van der Waals surface area contributed by atoms with E-state index in [1.54, 1.807) is 0 Å². The SMILES string of the molecule is c1ccc2c(c1)ccc1c3cc4c(cc3n(-c3cc5sccc5s3)c21)c1ccc2ccccc2c1n4-c1cc2sccc2s1. The maximum absolute atomic E-state index is 2.54. The highest BCUT2D eigenvalue weighted by molar-refractivity contribution is 7.28. The van der Waals surface area contributed by atoms with Crippen LogP contribution in [-0.4, -0.2) is 9.13 Å². The Balaban J connectivity index is 1.37. The van der Waals surface area contributed by atoms with Gasteiger partial charge >= 0.3 is 0 Å². The van der Waals surface area contributed by atoms with E-state index < -0.39 is 0 Å². The Bertz CT molecular complexity index is 2690. The second kappa shape index (κ2) is 8.58. The van der Waals surface area contributed by atoms with Crippen LogP contribution in [0.2, 0.25) is 0 Å². The fourth-order valence-electron chi connectivity index (χ4n) is 7.23. The van der Waals surface area contributed by atoms with Crippen LogP contribution in [0.4, 0.5) is 0 Å². The lowest BCUT2D eigenvalue weighted by Crippen LogP contribution is -1.92. The Morgan fingerprint density at radius 3 is 1.34 bits per heavy atom. The highest BCUT2D eigenvalue weighted by atomic mass is 32.1. The zero-order valence-corrected chi connectivity index (χ0v) is 26.3. The van der Waals surface area contributed by atoms with Crippen LogP contribution >= 0.6 is 45.3 Å². The van der Waals surface area contributed by atoms with Crippen molar-refractivity contribution in [1.29, 1.82) is 0 Å². The molecule has 0 N–H and O–H groups in total. The molecule has 206 valence electrons. The van der Waals surface area contributed by atoms with E-state index in [-0.39, 0.29) is 0 Å². The van der Waals surface area contributed by atoms with Crippen LogP contribution < -0.4 is 0 Å². The molecular weight excluding hydrogens is 613 g/mol. The van der Waals surface area contributed by atoms with Crippen molar-refractivity contribution in [3.63, 3.8) is 0 Å². The number of hydrogen-bond acceptors (Lipinski definition) is 4. The predicted octanol–water partition coefficient (Wildman–Crippen LogP) is 12.7. The van der Waals surface area contributed by atoms with Gasteiger partial charge in [0.1, 0.15) is 10.0 Å². The van der Waals surface area contributed by atoms with Gasteiger partial charge in [0.15, 0.2) is 0 Å². The molecule has 0 fully saturated rings. The van der Waals surface area contributed by atoms with Gasteiger partial charge in [-0.2, -0.15) is 0 Å². The van der Waals surface area contributed by atoms with E-state index in [9.17, 15) is 0 Å². The summed E-state index contributed by atoms with van der Waals surface area (Å²) in [5.41, 5.74) is 5.10. The summed E-state index contributed by atoms with van der Waals surface area (Å²) in [6.07, 6.45) is 0. The van der Waals surface area contributed by atoms with Crippen LogP contribution in [0.5, 0.6) is 0 Å². The molecule has 44 heavy (non-hydrogen) atoms. The number of rotatable bonds is 2. The van der Waals surface area contributed by atoms with Gasteiger partial charge < -0.3 is 0 Å². The van der Waals surface area contributed by atoms with Crippen LogP contribution in [0.25, 0.3) is 94.0 Å². The first-order chi connectivity index (χ1) is 21.8. The highest BCUT2D eigenvalue weighted by Gasteiger charge is 2.22. The lowest BCUT2D eigenvalue weighted by atomic mass is 10.0. The largest absolute Gasteiger partial charge is 0.300 e. The third-order valence-electron chi connectivity index (χ3n) is 9.12. The average molecular weight is 633 g/mol. The van der Waals surface area contributed by atoms with Gasteiger partial charge in [-0.1, -0.05) is 72.8 Å². The predicted molar refractivity (Wildman–Crippen MR) is 197 cm³/mol. The normalized spacial score (nSPS) is 12.5.